The van der Waals surface area contributed by atoms with Crippen LogP contribution in [0.5, 0.6) is 5.75 Å². The third-order valence-corrected chi connectivity index (χ3v) is 7.11. The van der Waals surface area contributed by atoms with Gasteiger partial charge >= 0.3 is 0 Å². The Bertz CT molecular complexity index is 1150. The van der Waals surface area contributed by atoms with E-state index in [9.17, 15) is 27.2 Å². The van der Waals surface area contributed by atoms with Crippen molar-refractivity contribution >= 4 is 29.2 Å². The van der Waals surface area contributed by atoms with Crippen LogP contribution in [0, 0.1) is 0 Å². The molecule has 4 rings (SSSR count). The zero-order valence-corrected chi connectivity index (χ0v) is 21.7. The highest BCUT2D eigenvalue weighted by Gasteiger charge is 2.43. The van der Waals surface area contributed by atoms with Crippen molar-refractivity contribution in [1.29, 1.82) is 0 Å². The fourth-order valence-electron chi connectivity index (χ4n) is 5.08. The Hall–Kier alpha value is -3.08. The fraction of sp³-hybridized carbons (Fsp3) is 0.500. The maximum atomic E-state index is 13.5. The van der Waals surface area contributed by atoms with Crippen LogP contribution < -0.4 is 20.3 Å². The number of halogens is 5. The number of ether oxygens (including phenoxy) is 1. The standard InChI is InChI=1S/C26H29ClF4N4O3/c1-26(2,38-20-7-4-15(27)9-19(20)23(30)31)25(37)34-16-10-17-5-6-18(11-16)35(17)22-8-3-14(12-32-22)24(36)33-13-21(28)29/h3-4,7-9,12,16-18,21,23H,5-6,10-11,13H2,1-2H3,(H,33,36)(H,34,37)/t16-,17+,18-. The van der Waals surface area contributed by atoms with Crippen LogP contribution in [0.3, 0.4) is 0 Å². The van der Waals surface area contributed by atoms with Crippen LogP contribution in [-0.2, 0) is 4.79 Å². The Labute approximate surface area is 222 Å². The molecule has 2 aliphatic rings. The lowest BCUT2D eigenvalue weighted by Gasteiger charge is -2.41. The number of aromatic nitrogens is 1. The minimum Gasteiger partial charge on any atom is -0.478 e. The number of hydrogen-bond donors (Lipinski definition) is 2. The number of carbonyl (C=O) groups is 2. The lowest BCUT2D eigenvalue weighted by atomic mass is 9.96. The number of nitrogens with zero attached hydrogens (tertiary/aromatic N) is 2. The van der Waals surface area contributed by atoms with Crippen molar-refractivity contribution in [3.8, 4) is 5.75 Å². The van der Waals surface area contributed by atoms with Gasteiger partial charge in [0.25, 0.3) is 24.7 Å². The Balaban J connectivity index is 1.37. The second kappa shape index (κ2) is 11.3. The molecule has 0 unspecified atom stereocenters. The molecule has 0 saturated carbocycles. The van der Waals surface area contributed by atoms with Gasteiger partial charge in [-0.25, -0.2) is 22.5 Å². The maximum Gasteiger partial charge on any atom is 0.267 e. The van der Waals surface area contributed by atoms with Gasteiger partial charge in [0.15, 0.2) is 5.60 Å². The molecule has 206 valence electrons. The first-order valence-electron chi connectivity index (χ1n) is 12.3. The Kier molecular flexibility index (Phi) is 8.34. The number of nitrogens with one attached hydrogen (secondary N) is 2. The minimum absolute atomic E-state index is 0.100. The molecule has 0 aliphatic carbocycles. The summed E-state index contributed by atoms with van der Waals surface area (Å²) in [7, 11) is 0. The summed E-state index contributed by atoms with van der Waals surface area (Å²) in [6.45, 7) is 2.33. The summed E-state index contributed by atoms with van der Waals surface area (Å²) in [5.41, 5.74) is -1.59. The van der Waals surface area contributed by atoms with Crippen molar-refractivity contribution in [1.82, 2.24) is 15.6 Å². The van der Waals surface area contributed by atoms with Crippen LogP contribution in [0.25, 0.3) is 0 Å². The van der Waals surface area contributed by atoms with Gasteiger partial charge in [-0.05, 0) is 69.9 Å². The van der Waals surface area contributed by atoms with Gasteiger partial charge in [-0.3, -0.25) is 9.59 Å². The van der Waals surface area contributed by atoms with E-state index in [1.165, 1.54) is 32.2 Å². The highest BCUT2D eigenvalue weighted by molar-refractivity contribution is 6.30. The topological polar surface area (TPSA) is 83.6 Å². The van der Waals surface area contributed by atoms with E-state index in [1.807, 2.05) is 0 Å². The van der Waals surface area contributed by atoms with Crippen LogP contribution in [0.15, 0.2) is 36.5 Å². The zero-order chi connectivity index (χ0) is 27.6. The van der Waals surface area contributed by atoms with E-state index in [-0.39, 0.29) is 40.0 Å². The van der Waals surface area contributed by atoms with Crippen molar-refractivity contribution in [2.24, 2.45) is 0 Å². The van der Waals surface area contributed by atoms with Gasteiger partial charge in [0, 0.05) is 29.3 Å². The van der Waals surface area contributed by atoms with Gasteiger partial charge in [0.05, 0.1) is 17.7 Å². The average Bonchev–Trinajstić information content (AvgIpc) is 3.13. The van der Waals surface area contributed by atoms with E-state index < -0.39 is 36.8 Å². The molecule has 2 saturated heterocycles. The molecule has 2 bridgehead atoms. The van der Waals surface area contributed by atoms with Crippen molar-refractivity contribution in [3.05, 3.63) is 52.7 Å². The largest absolute Gasteiger partial charge is 0.478 e. The van der Waals surface area contributed by atoms with Crippen molar-refractivity contribution in [2.45, 2.75) is 76.1 Å². The summed E-state index contributed by atoms with van der Waals surface area (Å²) < 4.78 is 57.3. The third-order valence-electron chi connectivity index (χ3n) is 6.88. The molecule has 0 spiro atoms. The summed E-state index contributed by atoms with van der Waals surface area (Å²) in [5, 5.41) is 5.32. The number of benzene rings is 1. The Morgan fingerprint density at radius 2 is 1.82 bits per heavy atom. The first-order valence-corrected chi connectivity index (χ1v) is 12.7. The summed E-state index contributed by atoms with van der Waals surface area (Å²) in [4.78, 5) is 31.7. The summed E-state index contributed by atoms with van der Waals surface area (Å²) in [6.07, 6.45) is -0.964. The normalized spacial score (nSPS) is 21.1. The van der Waals surface area contributed by atoms with Gasteiger partial charge in [-0.1, -0.05) is 11.6 Å². The van der Waals surface area contributed by atoms with E-state index in [0.717, 1.165) is 18.9 Å². The number of alkyl halides is 4. The number of piperidine rings is 1. The smallest absolute Gasteiger partial charge is 0.267 e. The average molecular weight is 557 g/mol. The summed E-state index contributed by atoms with van der Waals surface area (Å²) >= 11 is 5.84. The zero-order valence-electron chi connectivity index (χ0n) is 20.9. The number of hydrogen-bond acceptors (Lipinski definition) is 5. The predicted molar refractivity (Wildman–Crippen MR) is 134 cm³/mol. The van der Waals surface area contributed by atoms with Gasteiger partial charge in [-0.2, -0.15) is 0 Å². The molecule has 1 aromatic carbocycles. The molecule has 1 aromatic heterocycles. The predicted octanol–water partition coefficient (Wildman–Crippen LogP) is 5.14. The molecule has 2 N–H and O–H groups in total. The van der Waals surface area contributed by atoms with Crippen LogP contribution >= 0.6 is 11.6 Å². The van der Waals surface area contributed by atoms with E-state index in [1.54, 1.807) is 12.1 Å². The van der Waals surface area contributed by atoms with Crippen LogP contribution in [0.1, 0.15) is 61.9 Å². The molecule has 12 heteroatoms. The number of anilines is 1. The van der Waals surface area contributed by atoms with Gasteiger partial charge in [-0.15, -0.1) is 0 Å². The van der Waals surface area contributed by atoms with Gasteiger partial charge < -0.3 is 20.3 Å². The molecule has 2 aromatic rings. The molecule has 2 amide bonds. The van der Waals surface area contributed by atoms with E-state index in [0.29, 0.717) is 18.7 Å². The number of rotatable bonds is 9. The molecule has 38 heavy (non-hydrogen) atoms. The Morgan fingerprint density at radius 1 is 1.13 bits per heavy atom. The lowest BCUT2D eigenvalue weighted by Crippen LogP contribution is -2.55. The second-order valence-corrected chi connectivity index (χ2v) is 10.5. The van der Waals surface area contributed by atoms with Gasteiger partial charge in [0.2, 0.25) is 0 Å². The van der Waals surface area contributed by atoms with Gasteiger partial charge in [0.1, 0.15) is 11.6 Å². The van der Waals surface area contributed by atoms with Crippen molar-refractivity contribution < 1.29 is 31.9 Å². The highest BCUT2D eigenvalue weighted by atomic mass is 35.5. The van der Waals surface area contributed by atoms with Crippen LogP contribution in [-0.4, -0.2) is 53.5 Å². The molecule has 3 atom stereocenters. The molecule has 2 aliphatic heterocycles. The quantitative estimate of drug-likeness (QED) is 0.418. The lowest BCUT2D eigenvalue weighted by molar-refractivity contribution is -0.135. The minimum atomic E-state index is -2.81. The first-order chi connectivity index (χ1) is 17.9. The van der Waals surface area contributed by atoms with Crippen molar-refractivity contribution in [2.75, 3.05) is 11.4 Å². The second-order valence-electron chi connectivity index (χ2n) is 10.0. The molecule has 7 nitrogen and oxygen atoms in total. The summed E-state index contributed by atoms with van der Waals surface area (Å²) in [6, 6.07) is 7.22. The number of amides is 2. The number of carbonyl (C=O) groups excluding carboxylic acids is 2. The van der Waals surface area contributed by atoms with E-state index in [4.69, 9.17) is 16.3 Å². The van der Waals surface area contributed by atoms with Crippen LogP contribution in [0.4, 0.5) is 23.4 Å². The highest BCUT2D eigenvalue weighted by Crippen LogP contribution is 2.39. The van der Waals surface area contributed by atoms with Crippen LogP contribution in [0.2, 0.25) is 5.02 Å². The van der Waals surface area contributed by atoms with E-state index in [2.05, 4.69) is 20.5 Å². The molecule has 3 heterocycles. The fourth-order valence-corrected chi connectivity index (χ4v) is 5.26. The molecule has 2 fully saturated rings. The molecule has 0 radical (unpaired) electrons. The summed E-state index contributed by atoms with van der Waals surface area (Å²) in [5.74, 6) is -0.448. The number of pyridine rings is 1. The third kappa shape index (κ3) is 6.31. The monoisotopic (exact) mass is 556 g/mol. The van der Waals surface area contributed by atoms with E-state index >= 15 is 0 Å². The maximum absolute atomic E-state index is 13.5. The SMILES string of the molecule is CC(C)(Oc1ccc(Cl)cc1C(F)F)C(=O)N[C@H]1C[C@H]2CC[C@@H](C1)N2c1ccc(C(=O)NCC(F)F)cn1. The number of fused-ring (bicyclic) bond motifs is 2. The van der Waals surface area contributed by atoms with Crippen molar-refractivity contribution in [3.63, 3.8) is 0 Å². The molecular weight excluding hydrogens is 528 g/mol. The first kappa shape index (κ1) is 27.9. The Morgan fingerprint density at radius 3 is 2.39 bits per heavy atom. The molecular formula is C26H29ClF4N4O3.